The number of nitrogens with zero attached hydrogens (tertiary/aromatic N) is 6. The van der Waals surface area contributed by atoms with Crippen molar-refractivity contribution in [3.05, 3.63) is 71.7 Å². The van der Waals surface area contributed by atoms with Gasteiger partial charge in [-0.3, -0.25) is 0 Å². The van der Waals surface area contributed by atoms with Crippen LogP contribution in [-0.4, -0.2) is 69.5 Å². The molecule has 0 amide bonds. The van der Waals surface area contributed by atoms with Crippen molar-refractivity contribution in [2.24, 2.45) is 0 Å². The van der Waals surface area contributed by atoms with Crippen LogP contribution in [0.4, 0.5) is 21.8 Å². The van der Waals surface area contributed by atoms with E-state index < -0.39 is 10.0 Å². The normalized spacial score (nSPS) is 16.8. The minimum absolute atomic E-state index is 0.235. The molecule has 0 radical (unpaired) electrons. The first-order chi connectivity index (χ1) is 16.8. The predicted molar refractivity (Wildman–Crippen MR) is 135 cm³/mol. The second-order valence-corrected chi connectivity index (χ2v) is 11.0. The molecule has 0 atom stereocenters. The fourth-order valence-corrected chi connectivity index (χ4v) is 6.06. The van der Waals surface area contributed by atoms with Gasteiger partial charge in [0.25, 0.3) is 0 Å². The molecule has 1 aromatic heterocycles. The summed E-state index contributed by atoms with van der Waals surface area (Å²) in [6, 6.07) is 15.1. The molecule has 184 valence electrons. The van der Waals surface area contributed by atoms with Gasteiger partial charge in [-0.2, -0.15) is 9.29 Å². The third-order valence-corrected chi connectivity index (χ3v) is 8.41. The molecule has 5 rings (SSSR count). The molecule has 1 saturated heterocycles. The maximum Gasteiger partial charge on any atom is 0.243 e. The van der Waals surface area contributed by atoms with Crippen molar-refractivity contribution < 1.29 is 12.8 Å². The zero-order valence-corrected chi connectivity index (χ0v) is 20.7. The summed E-state index contributed by atoms with van der Waals surface area (Å²) < 4.78 is 41.2. The molecule has 0 aliphatic carbocycles. The van der Waals surface area contributed by atoms with E-state index in [2.05, 4.69) is 9.80 Å². The predicted octanol–water partition coefficient (Wildman–Crippen LogP) is 2.76. The second-order valence-electron chi connectivity index (χ2n) is 9.02. The zero-order chi connectivity index (χ0) is 24.6. The van der Waals surface area contributed by atoms with Gasteiger partial charge in [-0.15, -0.1) is 0 Å². The van der Waals surface area contributed by atoms with Gasteiger partial charge < -0.3 is 14.7 Å². The van der Waals surface area contributed by atoms with Crippen molar-refractivity contribution in [3.63, 3.8) is 0 Å². The van der Waals surface area contributed by atoms with E-state index in [1.54, 1.807) is 36.4 Å². The third-order valence-electron chi connectivity index (χ3n) is 6.55. The maximum atomic E-state index is 13.3. The minimum Gasteiger partial charge on any atom is -0.368 e. The summed E-state index contributed by atoms with van der Waals surface area (Å²) in [5, 5.41) is 0. The van der Waals surface area contributed by atoms with E-state index in [1.165, 1.54) is 16.4 Å². The topological polar surface area (TPSA) is 72.9 Å². The summed E-state index contributed by atoms with van der Waals surface area (Å²) in [4.78, 5) is 16.4. The molecular formula is C25H29FN6O2S. The number of fused-ring (bicyclic) bond motifs is 1. The summed E-state index contributed by atoms with van der Waals surface area (Å²) in [7, 11) is 0.247. The fourth-order valence-electron chi connectivity index (χ4n) is 4.63. The van der Waals surface area contributed by atoms with Crippen molar-refractivity contribution in [1.29, 1.82) is 0 Å². The standard InChI is InChI=1S/C25H29FN6O2S/c1-29(2)24-22-18-32(35(33,34)21-6-4-3-5-7-21)13-12-23(22)27-25(28-24)31-16-14-30(15-17-31)20-10-8-19(26)9-11-20/h3-11H,12-18H2,1-2H3. The second kappa shape index (κ2) is 9.43. The number of aromatic nitrogens is 2. The molecule has 3 heterocycles. The van der Waals surface area contributed by atoms with E-state index in [-0.39, 0.29) is 12.4 Å². The molecule has 10 heteroatoms. The monoisotopic (exact) mass is 496 g/mol. The Morgan fingerprint density at radius 3 is 2.17 bits per heavy atom. The van der Waals surface area contributed by atoms with E-state index in [9.17, 15) is 12.8 Å². The molecule has 1 fully saturated rings. The SMILES string of the molecule is CN(C)c1nc(N2CCN(c3ccc(F)cc3)CC2)nc2c1CN(S(=O)(=O)c1ccccc1)CC2. The van der Waals surface area contributed by atoms with Crippen LogP contribution in [0.5, 0.6) is 0 Å². The van der Waals surface area contributed by atoms with Crippen LogP contribution in [0.25, 0.3) is 0 Å². The number of piperazine rings is 1. The molecule has 0 N–H and O–H groups in total. The van der Waals surface area contributed by atoms with Crippen molar-refractivity contribution in [3.8, 4) is 0 Å². The Hall–Kier alpha value is -3.24. The largest absolute Gasteiger partial charge is 0.368 e. The van der Waals surface area contributed by atoms with Crippen molar-refractivity contribution in [2.75, 3.05) is 61.5 Å². The molecular weight excluding hydrogens is 467 g/mol. The van der Waals surface area contributed by atoms with Crippen molar-refractivity contribution in [2.45, 2.75) is 17.9 Å². The Balaban J connectivity index is 1.36. The Morgan fingerprint density at radius 1 is 0.857 bits per heavy atom. The summed E-state index contributed by atoms with van der Waals surface area (Å²) in [5.41, 5.74) is 2.76. The van der Waals surface area contributed by atoms with Gasteiger partial charge in [-0.1, -0.05) is 18.2 Å². The first-order valence-corrected chi connectivity index (χ1v) is 13.1. The van der Waals surface area contributed by atoms with Gasteiger partial charge in [-0.25, -0.2) is 17.8 Å². The molecule has 35 heavy (non-hydrogen) atoms. The lowest BCUT2D eigenvalue weighted by Gasteiger charge is -2.37. The van der Waals surface area contributed by atoms with Gasteiger partial charge in [0, 0.05) is 71.0 Å². The van der Waals surface area contributed by atoms with Crippen LogP contribution in [-0.2, 0) is 23.0 Å². The third kappa shape index (κ3) is 4.68. The van der Waals surface area contributed by atoms with Crippen LogP contribution in [0, 0.1) is 5.82 Å². The molecule has 3 aromatic rings. The molecule has 8 nitrogen and oxygen atoms in total. The minimum atomic E-state index is -3.59. The van der Waals surface area contributed by atoms with Crippen LogP contribution < -0.4 is 14.7 Å². The Labute approximate surface area is 205 Å². The Morgan fingerprint density at radius 2 is 1.51 bits per heavy atom. The van der Waals surface area contributed by atoms with E-state index in [1.807, 2.05) is 25.1 Å². The molecule has 2 aromatic carbocycles. The highest BCUT2D eigenvalue weighted by atomic mass is 32.2. The summed E-state index contributed by atoms with van der Waals surface area (Å²) in [5.74, 6) is 1.19. The van der Waals surface area contributed by atoms with Crippen LogP contribution in [0.2, 0.25) is 0 Å². The van der Waals surface area contributed by atoms with Crippen molar-refractivity contribution >= 4 is 27.5 Å². The van der Waals surface area contributed by atoms with Gasteiger partial charge in [0.15, 0.2) is 0 Å². The first kappa shape index (κ1) is 23.5. The van der Waals surface area contributed by atoms with E-state index in [0.717, 1.165) is 48.9 Å². The van der Waals surface area contributed by atoms with Crippen LogP contribution in [0.1, 0.15) is 11.3 Å². The lowest BCUT2D eigenvalue weighted by Crippen LogP contribution is -2.47. The van der Waals surface area contributed by atoms with Gasteiger partial charge in [0.2, 0.25) is 16.0 Å². The molecule has 0 bridgehead atoms. The number of sulfonamides is 1. The maximum absolute atomic E-state index is 13.3. The highest BCUT2D eigenvalue weighted by Gasteiger charge is 2.32. The number of hydrogen-bond donors (Lipinski definition) is 0. The number of halogens is 1. The van der Waals surface area contributed by atoms with Gasteiger partial charge in [-0.05, 0) is 36.4 Å². The Kier molecular flexibility index (Phi) is 6.33. The van der Waals surface area contributed by atoms with Gasteiger partial charge in [0.05, 0.1) is 10.6 Å². The van der Waals surface area contributed by atoms with Crippen molar-refractivity contribution in [1.82, 2.24) is 14.3 Å². The molecule has 0 unspecified atom stereocenters. The molecule has 0 spiro atoms. The highest BCUT2D eigenvalue weighted by molar-refractivity contribution is 7.89. The van der Waals surface area contributed by atoms with Crippen LogP contribution in [0.15, 0.2) is 59.5 Å². The quantitative estimate of drug-likeness (QED) is 0.538. The summed E-state index contributed by atoms with van der Waals surface area (Å²) in [6.45, 7) is 3.69. The van der Waals surface area contributed by atoms with E-state index in [0.29, 0.717) is 23.8 Å². The Bertz CT molecular complexity index is 1290. The first-order valence-electron chi connectivity index (χ1n) is 11.7. The smallest absolute Gasteiger partial charge is 0.243 e. The molecule has 0 saturated carbocycles. The molecule has 2 aliphatic rings. The highest BCUT2D eigenvalue weighted by Crippen LogP contribution is 2.31. The number of benzene rings is 2. The van der Waals surface area contributed by atoms with E-state index in [4.69, 9.17) is 9.97 Å². The van der Waals surface area contributed by atoms with Crippen LogP contribution in [0.3, 0.4) is 0 Å². The number of anilines is 3. The summed E-state index contributed by atoms with van der Waals surface area (Å²) >= 11 is 0. The molecule has 2 aliphatic heterocycles. The lowest BCUT2D eigenvalue weighted by molar-refractivity contribution is 0.387. The average molecular weight is 497 g/mol. The van der Waals surface area contributed by atoms with Gasteiger partial charge in [0.1, 0.15) is 11.6 Å². The lowest BCUT2D eigenvalue weighted by atomic mass is 10.1. The number of hydrogen-bond acceptors (Lipinski definition) is 7. The zero-order valence-electron chi connectivity index (χ0n) is 19.9. The average Bonchev–Trinajstić information content (AvgIpc) is 2.88. The van der Waals surface area contributed by atoms with E-state index >= 15 is 0 Å². The number of rotatable bonds is 5. The summed E-state index contributed by atoms with van der Waals surface area (Å²) in [6.07, 6.45) is 0.535. The van der Waals surface area contributed by atoms with Crippen LogP contribution >= 0.6 is 0 Å². The van der Waals surface area contributed by atoms with Gasteiger partial charge >= 0.3 is 0 Å². The fraction of sp³-hybridized carbons (Fsp3) is 0.360.